The lowest BCUT2D eigenvalue weighted by atomic mass is 10.0. The lowest BCUT2D eigenvalue weighted by Crippen LogP contribution is -2.05. The molecule has 0 heterocycles. The van der Waals surface area contributed by atoms with Crippen LogP contribution < -0.4 is 4.74 Å². The van der Waals surface area contributed by atoms with Crippen LogP contribution in [0.1, 0.15) is 75.0 Å². The number of unbranched alkanes of at least 4 members (excludes halogenated alkanes) is 7. The van der Waals surface area contributed by atoms with Crippen LogP contribution in [-0.2, 0) is 6.18 Å². The predicted molar refractivity (Wildman–Crippen MR) is 121 cm³/mol. The van der Waals surface area contributed by atoms with Crippen LogP contribution in [0.2, 0.25) is 0 Å². The molecule has 0 aliphatic heterocycles. The first-order valence-corrected chi connectivity index (χ1v) is 11.2. The lowest BCUT2D eigenvalue weighted by molar-refractivity contribution is -0.137. The number of ether oxygens (including phenoxy) is 1. The number of halogens is 3. The Balaban J connectivity index is 1.91. The first kappa shape index (κ1) is 25.0. The quantitative estimate of drug-likeness (QED) is 0.258. The maximum absolute atomic E-state index is 13.0. The molecule has 0 radical (unpaired) electrons. The molecule has 2 rings (SSSR count). The first-order chi connectivity index (χ1) is 14.9. The Kier molecular flexibility index (Phi) is 10.6. The van der Waals surface area contributed by atoms with Crippen molar-refractivity contribution in [3.63, 3.8) is 0 Å². The maximum atomic E-state index is 13.0. The van der Waals surface area contributed by atoms with Crippen LogP contribution in [0.3, 0.4) is 0 Å². The number of rotatable bonds is 13. The van der Waals surface area contributed by atoms with E-state index in [0.29, 0.717) is 17.7 Å². The third-order valence-corrected chi connectivity index (χ3v) is 5.20. The van der Waals surface area contributed by atoms with E-state index in [-0.39, 0.29) is 6.61 Å². The van der Waals surface area contributed by atoms with Gasteiger partial charge in [0.2, 0.25) is 0 Å². The summed E-state index contributed by atoms with van der Waals surface area (Å²) in [6.07, 6.45) is 7.15. The molecule has 0 fully saturated rings. The highest BCUT2D eigenvalue weighted by atomic mass is 19.4. The van der Waals surface area contributed by atoms with Crippen LogP contribution >= 0.6 is 0 Å². The maximum Gasteiger partial charge on any atom is 0.416 e. The van der Waals surface area contributed by atoms with E-state index in [4.69, 9.17) is 4.74 Å². The first-order valence-electron chi connectivity index (χ1n) is 11.2. The molecule has 0 unspecified atom stereocenters. The third-order valence-electron chi connectivity index (χ3n) is 5.20. The Morgan fingerprint density at radius 2 is 1.58 bits per heavy atom. The van der Waals surface area contributed by atoms with Gasteiger partial charge in [-0.15, -0.1) is 0 Å². The van der Waals surface area contributed by atoms with Crippen LogP contribution in [0.15, 0.2) is 48.5 Å². The van der Waals surface area contributed by atoms with Crippen molar-refractivity contribution in [2.75, 3.05) is 13.2 Å². The zero-order valence-corrected chi connectivity index (χ0v) is 18.3. The van der Waals surface area contributed by atoms with Crippen LogP contribution in [-0.4, -0.2) is 18.3 Å². The van der Waals surface area contributed by atoms with Gasteiger partial charge in [-0.3, -0.25) is 0 Å². The van der Waals surface area contributed by atoms with E-state index in [9.17, 15) is 18.3 Å². The van der Waals surface area contributed by atoms with Gasteiger partial charge in [-0.2, -0.15) is 13.2 Å². The van der Waals surface area contributed by atoms with Gasteiger partial charge in [0.1, 0.15) is 5.75 Å². The van der Waals surface area contributed by atoms with Gasteiger partial charge in [-0.1, -0.05) is 76.1 Å². The molecule has 0 aliphatic carbocycles. The van der Waals surface area contributed by atoms with Crippen LogP contribution in [0.4, 0.5) is 13.2 Å². The molecule has 0 saturated heterocycles. The van der Waals surface area contributed by atoms with E-state index in [0.717, 1.165) is 36.3 Å². The summed E-state index contributed by atoms with van der Waals surface area (Å²) in [6.45, 7) is 2.51. The Labute approximate surface area is 183 Å². The zero-order valence-electron chi connectivity index (χ0n) is 18.3. The van der Waals surface area contributed by atoms with Gasteiger partial charge < -0.3 is 9.84 Å². The fourth-order valence-corrected chi connectivity index (χ4v) is 3.44. The van der Waals surface area contributed by atoms with Crippen molar-refractivity contribution in [2.24, 2.45) is 0 Å². The van der Waals surface area contributed by atoms with Gasteiger partial charge in [-0.05, 0) is 53.5 Å². The van der Waals surface area contributed by atoms with Gasteiger partial charge >= 0.3 is 6.18 Å². The minimum atomic E-state index is -4.42. The minimum absolute atomic E-state index is 0.350. The average Bonchev–Trinajstić information content (AvgIpc) is 2.76. The van der Waals surface area contributed by atoms with E-state index >= 15 is 0 Å². The molecule has 0 atom stereocenters. The molecule has 0 bridgehead atoms. The van der Waals surface area contributed by atoms with Crippen LogP contribution in [0.25, 0.3) is 11.6 Å². The summed E-state index contributed by atoms with van der Waals surface area (Å²) >= 11 is 0. The van der Waals surface area contributed by atoms with Gasteiger partial charge in [0.15, 0.2) is 0 Å². The molecule has 0 saturated carbocycles. The zero-order chi connectivity index (χ0) is 22.5. The lowest BCUT2D eigenvalue weighted by Gasteiger charge is -2.11. The molecular weight excluding hydrogens is 401 g/mol. The fourth-order valence-electron chi connectivity index (χ4n) is 3.44. The van der Waals surface area contributed by atoms with E-state index in [1.54, 1.807) is 12.1 Å². The molecule has 2 nitrogen and oxygen atoms in total. The van der Waals surface area contributed by atoms with Crippen LogP contribution in [0, 0.1) is 0 Å². The fraction of sp³-hybridized carbons (Fsp3) is 0.462. The summed E-state index contributed by atoms with van der Waals surface area (Å²) in [5.41, 5.74) is 0.815. The highest BCUT2D eigenvalue weighted by Gasteiger charge is 2.30. The number of alkyl halides is 3. The van der Waals surface area contributed by atoms with Crippen molar-refractivity contribution in [2.45, 2.75) is 64.5 Å². The predicted octanol–water partition coefficient (Wildman–Crippen LogP) is 7.76. The Morgan fingerprint density at radius 1 is 0.903 bits per heavy atom. The molecule has 0 spiro atoms. The smallest absolute Gasteiger partial charge is 0.416 e. The van der Waals surface area contributed by atoms with Gasteiger partial charge in [0, 0.05) is 0 Å². The van der Waals surface area contributed by atoms with Crippen LogP contribution in [0.5, 0.6) is 5.75 Å². The second-order valence-corrected chi connectivity index (χ2v) is 7.80. The number of aliphatic hydroxyl groups excluding tert-OH is 1. The Morgan fingerprint density at radius 3 is 2.26 bits per heavy atom. The van der Waals surface area contributed by atoms with Crippen molar-refractivity contribution < 1.29 is 23.0 Å². The molecule has 2 aromatic rings. The second kappa shape index (κ2) is 13.2. The molecule has 0 aliphatic rings. The van der Waals surface area contributed by atoms with Crippen molar-refractivity contribution in [3.8, 4) is 5.75 Å². The van der Waals surface area contributed by atoms with E-state index in [2.05, 4.69) is 6.92 Å². The number of hydrogen-bond acceptors (Lipinski definition) is 2. The number of aliphatic hydroxyl groups is 1. The summed E-state index contributed by atoms with van der Waals surface area (Å²) in [7, 11) is 0. The molecule has 1 N–H and O–H groups in total. The van der Waals surface area contributed by atoms with E-state index in [1.807, 2.05) is 24.3 Å². The second-order valence-electron chi connectivity index (χ2n) is 7.80. The van der Waals surface area contributed by atoms with Crippen molar-refractivity contribution >= 4 is 11.6 Å². The molecular formula is C26H33F3O2. The van der Waals surface area contributed by atoms with Crippen molar-refractivity contribution in [3.05, 3.63) is 65.2 Å². The summed E-state index contributed by atoms with van der Waals surface area (Å²) in [5.74, 6) is 0.720. The molecule has 0 amide bonds. The molecule has 31 heavy (non-hydrogen) atoms. The Bertz CT molecular complexity index is 812. The summed E-state index contributed by atoms with van der Waals surface area (Å²) in [6, 6.07) is 12.4. The Hall–Kier alpha value is -2.27. The van der Waals surface area contributed by atoms with Gasteiger partial charge in [0.25, 0.3) is 0 Å². The summed E-state index contributed by atoms with van der Waals surface area (Å²) < 4.78 is 44.8. The monoisotopic (exact) mass is 434 g/mol. The highest BCUT2D eigenvalue weighted by Crippen LogP contribution is 2.31. The third kappa shape index (κ3) is 9.18. The minimum Gasteiger partial charge on any atom is -0.494 e. The molecule has 0 aromatic heterocycles. The topological polar surface area (TPSA) is 29.5 Å². The average molecular weight is 435 g/mol. The number of hydrogen-bond donors (Lipinski definition) is 1. The summed E-state index contributed by atoms with van der Waals surface area (Å²) in [4.78, 5) is 0. The number of benzene rings is 2. The van der Waals surface area contributed by atoms with Gasteiger partial charge in [-0.25, -0.2) is 0 Å². The molecule has 2 aromatic carbocycles. The van der Waals surface area contributed by atoms with E-state index < -0.39 is 11.7 Å². The highest BCUT2D eigenvalue weighted by molar-refractivity contribution is 5.82. The largest absolute Gasteiger partial charge is 0.494 e. The van der Waals surface area contributed by atoms with Crippen molar-refractivity contribution in [1.29, 1.82) is 0 Å². The standard InChI is InChI=1S/C26H33F3O2/c1-2-3-4-5-6-7-8-9-16-31-25-15-10-12-21(18-25)17-23(20-30)22-13-11-14-24(19-22)26(27,28)29/h10-15,17-19,30H,2-9,16,20H2,1H3. The normalized spacial score (nSPS) is 12.2. The van der Waals surface area contributed by atoms with Gasteiger partial charge in [0.05, 0.1) is 18.8 Å². The van der Waals surface area contributed by atoms with Crippen molar-refractivity contribution in [1.82, 2.24) is 0 Å². The SMILES string of the molecule is CCCCCCCCCCOc1cccc(C=C(CO)c2cccc(C(F)(F)F)c2)c1. The van der Waals surface area contributed by atoms with E-state index in [1.165, 1.54) is 44.6 Å². The summed E-state index contributed by atoms with van der Waals surface area (Å²) in [5, 5.41) is 9.71. The molecule has 5 heteroatoms. The molecule has 170 valence electrons.